The van der Waals surface area contributed by atoms with Crippen LogP contribution >= 0.6 is 0 Å². The van der Waals surface area contributed by atoms with E-state index in [-0.39, 0.29) is 5.56 Å². The normalized spacial score (nSPS) is 11.0. The number of hydrogen-bond donors (Lipinski definition) is 0. The monoisotopic (exact) mass is 172 g/mol. The number of halogens is 3. The molecule has 0 nitrogen and oxygen atoms in total. The van der Waals surface area contributed by atoms with E-state index in [0.29, 0.717) is 12.1 Å². The summed E-state index contributed by atoms with van der Waals surface area (Å²) >= 11 is 0. The molecule has 3 heteroatoms. The van der Waals surface area contributed by atoms with Gasteiger partial charge in [0, 0.05) is 17.7 Å². The van der Waals surface area contributed by atoms with Crippen LogP contribution in [0.1, 0.15) is 12.5 Å². The highest BCUT2D eigenvalue weighted by atomic mass is 19.1. The molecule has 0 saturated heterocycles. The highest BCUT2D eigenvalue weighted by Gasteiger charge is 2.07. The van der Waals surface area contributed by atoms with Crippen LogP contribution in [0.2, 0.25) is 0 Å². The third kappa shape index (κ3) is 1.67. The zero-order chi connectivity index (χ0) is 9.14. The Morgan fingerprint density at radius 3 is 2.00 bits per heavy atom. The minimum atomic E-state index is -0.904. The summed E-state index contributed by atoms with van der Waals surface area (Å²) in [6, 6.07) is 1.30. The third-order valence-electron chi connectivity index (χ3n) is 1.38. The van der Waals surface area contributed by atoms with Crippen molar-refractivity contribution in [1.29, 1.82) is 0 Å². The third-order valence-corrected chi connectivity index (χ3v) is 1.38. The molecule has 0 saturated carbocycles. The number of rotatable bonds is 1. The lowest BCUT2D eigenvalue weighted by Gasteiger charge is -1.98. The summed E-state index contributed by atoms with van der Waals surface area (Å²) in [5.74, 6) is -2.67. The van der Waals surface area contributed by atoms with Crippen LogP contribution in [-0.2, 0) is 0 Å². The number of benzene rings is 1. The van der Waals surface area contributed by atoms with Gasteiger partial charge in [-0.2, -0.15) is 0 Å². The number of allylic oxidation sites excluding steroid dienone is 1. The van der Waals surface area contributed by atoms with Crippen LogP contribution in [0.3, 0.4) is 0 Å². The Kier molecular flexibility index (Phi) is 2.53. The van der Waals surface area contributed by atoms with Crippen LogP contribution in [-0.4, -0.2) is 0 Å². The highest BCUT2D eigenvalue weighted by Crippen LogP contribution is 2.15. The quantitative estimate of drug-likeness (QED) is 0.610. The van der Waals surface area contributed by atoms with E-state index >= 15 is 0 Å². The van der Waals surface area contributed by atoms with Crippen molar-refractivity contribution in [3.05, 3.63) is 41.2 Å². The van der Waals surface area contributed by atoms with Crippen LogP contribution in [0.5, 0.6) is 0 Å². The van der Waals surface area contributed by atoms with E-state index in [4.69, 9.17) is 0 Å². The SMILES string of the molecule is C/C=C/c1c(F)cc(F)cc1F. The minimum Gasteiger partial charge on any atom is -0.207 e. The molecule has 0 N–H and O–H groups in total. The van der Waals surface area contributed by atoms with E-state index in [1.807, 2.05) is 0 Å². The van der Waals surface area contributed by atoms with Crippen LogP contribution in [0.4, 0.5) is 13.2 Å². The van der Waals surface area contributed by atoms with Gasteiger partial charge in [-0.3, -0.25) is 0 Å². The maximum Gasteiger partial charge on any atom is 0.136 e. The van der Waals surface area contributed by atoms with Gasteiger partial charge < -0.3 is 0 Å². The van der Waals surface area contributed by atoms with Crippen LogP contribution in [0.25, 0.3) is 6.08 Å². The molecular formula is C9H7F3. The molecule has 0 radical (unpaired) electrons. The fourth-order valence-electron chi connectivity index (χ4n) is 0.879. The first-order chi connectivity index (χ1) is 5.65. The van der Waals surface area contributed by atoms with Crippen LogP contribution < -0.4 is 0 Å². The maximum atomic E-state index is 12.8. The molecule has 0 spiro atoms. The predicted octanol–water partition coefficient (Wildman–Crippen LogP) is 3.14. The smallest absolute Gasteiger partial charge is 0.136 e. The Bertz CT molecular complexity index is 293. The van der Waals surface area contributed by atoms with Gasteiger partial charge in [0.05, 0.1) is 0 Å². The molecule has 1 aromatic carbocycles. The van der Waals surface area contributed by atoms with Crippen LogP contribution in [0.15, 0.2) is 18.2 Å². The Morgan fingerprint density at radius 1 is 1.08 bits per heavy atom. The molecule has 64 valence electrons. The summed E-state index contributed by atoms with van der Waals surface area (Å²) in [7, 11) is 0. The van der Waals surface area contributed by atoms with Gasteiger partial charge in [0.2, 0.25) is 0 Å². The Hall–Kier alpha value is -1.25. The summed E-state index contributed by atoms with van der Waals surface area (Å²) in [6.45, 7) is 1.63. The molecule has 0 aliphatic heterocycles. The first-order valence-electron chi connectivity index (χ1n) is 3.42. The average Bonchev–Trinajstić information content (AvgIpc) is 1.96. The molecule has 0 unspecified atom stereocenters. The van der Waals surface area contributed by atoms with Gasteiger partial charge in [-0.25, -0.2) is 13.2 Å². The second-order valence-electron chi connectivity index (χ2n) is 2.28. The fraction of sp³-hybridized carbons (Fsp3) is 0.111. The molecular weight excluding hydrogens is 165 g/mol. The predicted molar refractivity (Wildman–Crippen MR) is 41.0 cm³/mol. The molecule has 1 aromatic rings. The van der Waals surface area contributed by atoms with Gasteiger partial charge in [-0.1, -0.05) is 12.2 Å². The average molecular weight is 172 g/mol. The van der Waals surface area contributed by atoms with Gasteiger partial charge >= 0.3 is 0 Å². The maximum absolute atomic E-state index is 12.8. The highest BCUT2D eigenvalue weighted by molar-refractivity contribution is 5.50. The van der Waals surface area contributed by atoms with Crippen molar-refractivity contribution in [2.45, 2.75) is 6.92 Å². The van der Waals surface area contributed by atoms with Crippen molar-refractivity contribution >= 4 is 6.08 Å². The summed E-state index contributed by atoms with van der Waals surface area (Å²) in [4.78, 5) is 0. The summed E-state index contributed by atoms with van der Waals surface area (Å²) in [5, 5.41) is 0. The molecule has 0 fully saturated rings. The van der Waals surface area contributed by atoms with Gasteiger partial charge in [0.1, 0.15) is 17.5 Å². The van der Waals surface area contributed by atoms with E-state index in [0.717, 1.165) is 0 Å². The Balaban J connectivity index is 3.28. The van der Waals surface area contributed by atoms with Crippen molar-refractivity contribution in [1.82, 2.24) is 0 Å². The molecule has 0 aliphatic carbocycles. The zero-order valence-electron chi connectivity index (χ0n) is 6.44. The summed E-state index contributed by atoms with van der Waals surface area (Å²) in [6.07, 6.45) is 2.74. The van der Waals surface area contributed by atoms with Gasteiger partial charge in [-0.05, 0) is 6.92 Å². The standard InChI is InChI=1S/C9H7F3/c1-2-3-7-8(11)4-6(10)5-9(7)12/h2-5H,1H3/b3-2+. The first kappa shape index (κ1) is 8.84. The molecule has 12 heavy (non-hydrogen) atoms. The van der Waals surface area contributed by atoms with Gasteiger partial charge in [0.15, 0.2) is 0 Å². The lowest BCUT2D eigenvalue weighted by atomic mass is 10.2. The molecule has 0 bridgehead atoms. The van der Waals surface area contributed by atoms with E-state index < -0.39 is 17.5 Å². The van der Waals surface area contributed by atoms with E-state index in [2.05, 4.69) is 0 Å². The van der Waals surface area contributed by atoms with E-state index in [1.165, 1.54) is 12.2 Å². The van der Waals surface area contributed by atoms with Crippen molar-refractivity contribution in [2.75, 3.05) is 0 Å². The minimum absolute atomic E-state index is 0.209. The van der Waals surface area contributed by atoms with Crippen molar-refractivity contribution in [3.8, 4) is 0 Å². The molecule has 0 heterocycles. The van der Waals surface area contributed by atoms with Gasteiger partial charge in [0.25, 0.3) is 0 Å². The topological polar surface area (TPSA) is 0 Å². The van der Waals surface area contributed by atoms with E-state index in [9.17, 15) is 13.2 Å². The number of hydrogen-bond acceptors (Lipinski definition) is 0. The fourth-order valence-corrected chi connectivity index (χ4v) is 0.879. The van der Waals surface area contributed by atoms with Crippen LogP contribution in [0, 0.1) is 17.5 Å². The van der Waals surface area contributed by atoms with Crippen molar-refractivity contribution < 1.29 is 13.2 Å². The Labute approximate surface area is 68.3 Å². The lowest BCUT2D eigenvalue weighted by Crippen LogP contribution is -1.90. The van der Waals surface area contributed by atoms with E-state index in [1.54, 1.807) is 6.92 Å². The second-order valence-corrected chi connectivity index (χ2v) is 2.28. The summed E-state index contributed by atoms with van der Waals surface area (Å²) in [5.41, 5.74) is -0.209. The summed E-state index contributed by atoms with van der Waals surface area (Å²) < 4.78 is 37.9. The molecule has 1 rings (SSSR count). The molecule has 0 aromatic heterocycles. The van der Waals surface area contributed by atoms with Crippen molar-refractivity contribution in [3.63, 3.8) is 0 Å². The lowest BCUT2D eigenvalue weighted by molar-refractivity contribution is 0.540. The molecule has 0 amide bonds. The molecule has 0 aliphatic rings. The second kappa shape index (κ2) is 3.43. The zero-order valence-corrected chi connectivity index (χ0v) is 6.44. The first-order valence-corrected chi connectivity index (χ1v) is 3.42. The van der Waals surface area contributed by atoms with Crippen molar-refractivity contribution in [2.24, 2.45) is 0 Å². The largest absolute Gasteiger partial charge is 0.207 e. The molecule has 0 atom stereocenters. The Morgan fingerprint density at radius 2 is 1.58 bits per heavy atom. The van der Waals surface area contributed by atoms with Gasteiger partial charge in [-0.15, -0.1) is 0 Å².